The van der Waals surface area contributed by atoms with Crippen molar-refractivity contribution in [3.05, 3.63) is 33.1 Å². The summed E-state index contributed by atoms with van der Waals surface area (Å²) >= 11 is 0. The van der Waals surface area contributed by atoms with Crippen LogP contribution >= 0.6 is 0 Å². The third kappa shape index (κ3) is 5.29. The van der Waals surface area contributed by atoms with Crippen molar-refractivity contribution in [2.75, 3.05) is 6.61 Å². The number of aromatic nitrogens is 2. The fourth-order valence-electron chi connectivity index (χ4n) is 2.61. The van der Waals surface area contributed by atoms with Gasteiger partial charge in [-0.15, -0.1) is 0 Å². The van der Waals surface area contributed by atoms with Crippen LogP contribution in [0.15, 0.2) is 21.9 Å². The van der Waals surface area contributed by atoms with Crippen LogP contribution < -0.4 is 17.0 Å². The first-order chi connectivity index (χ1) is 13.0. The smallest absolute Gasteiger partial charge is 0.330 e. The van der Waals surface area contributed by atoms with Gasteiger partial charge in [-0.1, -0.05) is 27.7 Å². The number of rotatable bonds is 8. The number of nitrogens with one attached hydrogen (secondary N) is 1. The molecule has 0 radical (unpaired) electrons. The molecule has 3 N–H and O–H groups in total. The van der Waals surface area contributed by atoms with Gasteiger partial charge in [0.25, 0.3) is 11.3 Å². The van der Waals surface area contributed by atoms with Crippen molar-refractivity contribution < 1.29 is 23.8 Å². The Hall–Kier alpha value is -2.46. The zero-order chi connectivity index (χ0) is 21.1. The Labute approximate surface area is 162 Å². The predicted octanol–water partition coefficient (Wildman–Crippen LogP) is 0.268. The zero-order valence-corrected chi connectivity index (χ0v) is 16.5. The molecule has 1 aliphatic rings. The molecular formula is C18H27N3O7. The van der Waals surface area contributed by atoms with Gasteiger partial charge in [-0.3, -0.25) is 23.9 Å². The van der Waals surface area contributed by atoms with Crippen molar-refractivity contribution in [1.29, 1.82) is 0 Å². The number of esters is 2. The molecule has 3 unspecified atom stereocenters. The number of ether oxygens (including phenoxy) is 3. The first kappa shape index (κ1) is 21.8. The summed E-state index contributed by atoms with van der Waals surface area (Å²) in [5, 5.41) is 0. The lowest BCUT2D eigenvalue weighted by molar-refractivity contribution is -0.360. The van der Waals surface area contributed by atoms with Crippen molar-refractivity contribution in [2.24, 2.45) is 17.6 Å². The highest BCUT2D eigenvalue weighted by Crippen LogP contribution is 2.41. The van der Waals surface area contributed by atoms with Gasteiger partial charge in [0, 0.05) is 18.7 Å². The maximum absolute atomic E-state index is 12.3. The maximum Gasteiger partial charge on any atom is 0.330 e. The second-order valence-electron chi connectivity index (χ2n) is 7.65. The normalized spacial score (nSPS) is 22.6. The average molecular weight is 397 g/mol. The number of hydrogen-bond donors (Lipinski definition) is 2. The van der Waals surface area contributed by atoms with E-state index in [0.717, 1.165) is 4.57 Å². The van der Waals surface area contributed by atoms with E-state index in [1.807, 2.05) is 13.8 Å². The number of aromatic amines is 1. The molecule has 0 saturated carbocycles. The second kappa shape index (κ2) is 8.70. The van der Waals surface area contributed by atoms with Crippen molar-refractivity contribution in [3.8, 4) is 0 Å². The van der Waals surface area contributed by atoms with Crippen LogP contribution in [0.1, 0.15) is 46.8 Å². The Kier molecular flexibility index (Phi) is 6.78. The summed E-state index contributed by atoms with van der Waals surface area (Å²) in [5.74, 6) is -2.73. The molecule has 28 heavy (non-hydrogen) atoms. The summed E-state index contributed by atoms with van der Waals surface area (Å²) in [6.07, 6.45) is 0.765. The van der Waals surface area contributed by atoms with Crippen LogP contribution in [0.25, 0.3) is 0 Å². The number of carbonyl (C=O) groups excluding carboxylic acids is 2. The average Bonchev–Trinajstić information content (AvgIpc) is 2.55. The van der Waals surface area contributed by atoms with Crippen LogP contribution in [0, 0.1) is 11.8 Å². The summed E-state index contributed by atoms with van der Waals surface area (Å²) in [6.45, 7) is 6.97. The summed E-state index contributed by atoms with van der Waals surface area (Å²) in [7, 11) is 0. The molecule has 2 rings (SSSR count). The number of hydrogen-bond acceptors (Lipinski definition) is 8. The highest BCUT2D eigenvalue weighted by Gasteiger charge is 2.52. The lowest BCUT2D eigenvalue weighted by atomic mass is 10.0. The molecule has 0 spiro atoms. The van der Waals surface area contributed by atoms with Gasteiger partial charge in [0.2, 0.25) is 0 Å². The van der Waals surface area contributed by atoms with E-state index in [-0.39, 0.29) is 31.3 Å². The quantitative estimate of drug-likeness (QED) is 0.595. The summed E-state index contributed by atoms with van der Waals surface area (Å²) in [5.41, 5.74) is 4.62. The molecule has 2 heterocycles. The van der Waals surface area contributed by atoms with Crippen molar-refractivity contribution in [2.45, 2.75) is 58.6 Å². The van der Waals surface area contributed by atoms with Crippen LogP contribution in [0.2, 0.25) is 0 Å². The third-order valence-electron chi connectivity index (χ3n) is 4.30. The van der Waals surface area contributed by atoms with E-state index in [9.17, 15) is 19.2 Å². The van der Waals surface area contributed by atoms with E-state index in [1.165, 1.54) is 12.3 Å². The van der Waals surface area contributed by atoms with E-state index in [2.05, 4.69) is 4.98 Å². The lowest BCUT2D eigenvalue weighted by Gasteiger charge is -2.46. The monoisotopic (exact) mass is 397 g/mol. The molecular weight excluding hydrogens is 370 g/mol. The van der Waals surface area contributed by atoms with Gasteiger partial charge >= 0.3 is 17.6 Å². The summed E-state index contributed by atoms with van der Waals surface area (Å²) in [6, 6.07) is 0.301. The number of carbonyl (C=O) groups is 2. The predicted molar refractivity (Wildman–Crippen MR) is 98.1 cm³/mol. The van der Waals surface area contributed by atoms with E-state index >= 15 is 0 Å². The number of H-pyrrole nitrogens is 1. The van der Waals surface area contributed by atoms with E-state index < -0.39 is 41.2 Å². The Balaban J connectivity index is 2.12. The molecule has 156 valence electrons. The summed E-state index contributed by atoms with van der Waals surface area (Å²) in [4.78, 5) is 49.4. The van der Waals surface area contributed by atoms with Crippen LogP contribution in [0.3, 0.4) is 0 Å². The van der Waals surface area contributed by atoms with Gasteiger partial charge in [0.05, 0.1) is 6.42 Å². The first-order valence-corrected chi connectivity index (χ1v) is 9.16. The Morgan fingerprint density at radius 3 is 2.54 bits per heavy atom. The molecule has 10 nitrogen and oxygen atoms in total. The SMILES string of the molecule is CC(C)CC(=O)OCC1(OC(=O)C(N)C(C)C)CC(n2ccc(=O)[nH]c2=O)O1. The molecule has 0 bridgehead atoms. The van der Waals surface area contributed by atoms with Crippen molar-refractivity contribution >= 4 is 11.9 Å². The molecule has 1 saturated heterocycles. The Morgan fingerprint density at radius 2 is 2.00 bits per heavy atom. The summed E-state index contributed by atoms with van der Waals surface area (Å²) < 4.78 is 17.4. The minimum atomic E-state index is -1.53. The third-order valence-corrected chi connectivity index (χ3v) is 4.30. The highest BCUT2D eigenvalue weighted by molar-refractivity contribution is 5.76. The van der Waals surface area contributed by atoms with Crippen LogP contribution in [0.5, 0.6) is 0 Å². The van der Waals surface area contributed by atoms with Crippen LogP contribution in [-0.4, -0.2) is 39.9 Å². The van der Waals surface area contributed by atoms with E-state index in [1.54, 1.807) is 13.8 Å². The van der Waals surface area contributed by atoms with E-state index in [4.69, 9.17) is 19.9 Å². The fraction of sp³-hybridized carbons (Fsp3) is 0.667. The fourth-order valence-corrected chi connectivity index (χ4v) is 2.61. The maximum atomic E-state index is 12.3. The molecule has 0 aliphatic carbocycles. The molecule has 0 aromatic carbocycles. The molecule has 1 aliphatic heterocycles. The molecule has 1 fully saturated rings. The molecule has 1 aromatic rings. The second-order valence-corrected chi connectivity index (χ2v) is 7.65. The van der Waals surface area contributed by atoms with Gasteiger partial charge in [-0.25, -0.2) is 4.79 Å². The largest absolute Gasteiger partial charge is 0.459 e. The Morgan fingerprint density at radius 1 is 1.36 bits per heavy atom. The minimum Gasteiger partial charge on any atom is -0.459 e. The van der Waals surface area contributed by atoms with Gasteiger partial charge in [-0.05, 0) is 11.8 Å². The van der Waals surface area contributed by atoms with Gasteiger partial charge in [0.1, 0.15) is 12.3 Å². The van der Waals surface area contributed by atoms with Crippen LogP contribution in [-0.2, 0) is 23.8 Å². The zero-order valence-electron chi connectivity index (χ0n) is 16.5. The molecule has 3 atom stereocenters. The van der Waals surface area contributed by atoms with Crippen molar-refractivity contribution in [3.63, 3.8) is 0 Å². The topological polar surface area (TPSA) is 143 Å². The first-order valence-electron chi connectivity index (χ1n) is 9.16. The highest BCUT2D eigenvalue weighted by atomic mass is 16.8. The van der Waals surface area contributed by atoms with Gasteiger partial charge in [0.15, 0.2) is 6.61 Å². The molecule has 10 heteroatoms. The Bertz CT molecular complexity index is 821. The number of nitrogens with two attached hydrogens (primary N) is 1. The molecule has 1 aromatic heterocycles. The molecule has 0 amide bonds. The van der Waals surface area contributed by atoms with Gasteiger partial charge in [-0.2, -0.15) is 0 Å². The van der Waals surface area contributed by atoms with Gasteiger partial charge < -0.3 is 19.9 Å². The number of nitrogens with zero attached hydrogens (tertiary/aromatic N) is 1. The van der Waals surface area contributed by atoms with Crippen molar-refractivity contribution in [1.82, 2.24) is 9.55 Å². The van der Waals surface area contributed by atoms with E-state index in [0.29, 0.717) is 0 Å². The minimum absolute atomic E-state index is 0.0600. The standard InChI is InChI=1S/C18H27N3O7/c1-10(2)7-14(23)26-9-18(28-16(24)15(19)11(3)4)8-13(27-18)21-6-5-12(22)20-17(21)25/h5-6,10-11,13,15H,7-9,19H2,1-4H3,(H,20,22,25). The van der Waals surface area contributed by atoms with Crippen LogP contribution in [0.4, 0.5) is 0 Å². The lowest BCUT2D eigenvalue weighted by Crippen LogP contribution is -2.58.